The summed E-state index contributed by atoms with van der Waals surface area (Å²) in [5, 5.41) is 13.5. The summed E-state index contributed by atoms with van der Waals surface area (Å²) in [4.78, 5) is 15.3. The number of aliphatic imine (C=N–C) groups is 1. The Bertz CT molecular complexity index is 703. The topological polar surface area (TPSA) is 74.0 Å². The molecule has 2 atom stereocenters. The second kappa shape index (κ2) is 16.5. The predicted octanol–water partition coefficient (Wildman–Crippen LogP) is 5.60. The Kier molecular flexibility index (Phi) is 15.1. The lowest BCUT2D eigenvalue weighted by molar-refractivity contribution is -0.108. The molecule has 1 heterocycles. The van der Waals surface area contributed by atoms with Gasteiger partial charge in [0.2, 0.25) is 5.78 Å². The second-order valence-corrected chi connectivity index (χ2v) is 7.51. The Balaban J connectivity index is 0.000000541. The second-order valence-electron chi connectivity index (χ2n) is 6.38. The summed E-state index contributed by atoms with van der Waals surface area (Å²) in [5.74, 6) is 0.553. The fraction of sp³-hybridized carbons (Fsp3) is 0.348. The summed E-state index contributed by atoms with van der Waals surface area (Å²) in [5.41, 5.74) is 3.20. The van der Waals surface area contributed by atoms with E-state index in [1.54, 1.807) is 19.2 Å². The smallest absolute Gasteiger partial charge is 0.200 e. The Morgan fingerprint density at radius 1 is 1.48 bits per heavy atom. The van der Waals surface area contributed by atoms with Crippen molar-refractivity contribution in [2.24, 2.45) is 16.0 Å². The Morgan fingerprint density at radius 2 is 2.21 bits per heavy atom. The molecule has 0 aromatic rings. The van der Waals surface area contributed by atoms with Crippen molar-refractivity contribution in [3.05, 3.63) is 72.5 Å². The number of hydrogen-bond acceptors (Lipinski definition) is 5. The van der Waals surface area contributed by atoms with Crippen molar-refractivity contribution in [3.63, 3.8) is 0 Å². The number of allylic oxidation sites excluding steroid dienone is 6. The summed E-state index contributed by atoms with van der Waals surface area (Å²) >= 11 is 3.25. The number of nitrogens with one attached hydrogen (secondary N) is 1. The number of nitrogens with zero attached hydrogens (tertiary/aromatic N) is 2. The van der Waals surface area contributed by atoms with Crippen LogP contribution in [0.1, 0.15) is 33.1 Å². The highest BCUT2D eigenvalue weighted by Crippen LogP contribution is 2.10. The van der Waals surface area contributed by atoms with E-state index in [0.29, 0.717) is 17.9 Å². The van der Waals surface area contributed by atoms with Gasteiger partial charge in [-0.05, 0) is 42.0 Å². The summed E-state index contributed by atoms with van der Waals surface area (Å²) < 4.78 is 0.850. The minimum Gasteiger partial charge on any atom is -0.513 e. The molecule has 2 unspecified atom stereocenters. The first-order valence-electron chi connectivity index (χ1n) is 9.43. The van der Waals surface area contributed by atoms with Crippen molar-refractivity contribution >= 4 is 33.6 Å². The zero-order valence-electron chi connectivity index (χ0n) is 17.4. The van der Waals surface area contributed by atoms with E-state index in [1.807, 2.05) is 31.2 Å². The molecule has 1 aliphatic rings. The van der Waals surface area contributed by atoms with Crippen LogP contribution in [0.25, 0.3) is 0 Å². The van der Waals surface area contributed by atoms with Crippen molar-refractivity contribution in [1.29, 1.82) is 0 Å². The monoisotopic (exact) mass is 461 g/mol. The molecule has 0 aromatic carbocycles. The minimum absolute atomic E-state index is 0.0376. The van der Waals surface area contributed by atoms with Crippen molar-refractivity contribution in [2.45, 2.75) is 39.2 Å². The number of carbonyl (C=O) groups is 1. The molecular formula is C23H32BrN3O2. The van der Waals surface area contributed by atoms with Gasteiger partial charge in [0.15, 0.2) is 0 Å². The van der Waals surface area contributed by atoms with Gasteiger partial charge in [0.25, 0.3) is 0 Å². The zero-order chi connectivity index (χ0) is 22.1. The highest BCUT2D eigenvalue weighted by atomic mass is 79.9. The van der Waals surface area contributed by atoms with E-state index < -0.39 is 0 Å². The maximum atomic E-state index is 11.1. The average molecular weight is 462 g/mol. The molecule has 0 amide bonds. The molecule has 6 heteroatoms. The van der Waals surface area contributed by atoms with Gasteiger partial charge in [-0.25, -0.2) is 0 Å². The van der Waals surface area contributed by atoms with E-state index in [9.17, 15) is 9.90 Å². The van der Waals surface area contributed by atoms with Crippen LogP contribution in [-0.4, -0.2) is 35.4 Å². The molecule has 2 N–H and O–H groups in total. The summed E-state index contributed by atoms with van der Waals surface area (Å²) in [6, 6.07) is -0.0376. The number of aliphatic hydroxyl groups excluding tert-OH is 1. The van der Waals surface area contributed by atoms with Crippen LogP contribution >= 0.6 is 15.9 Å². The number of rotatable bonds is 7. The largest absolute Gasteiger partial charge is 0.513 e. The van der Waals surface area contributed by atoms with E-state index >= 15 is 0 Å². The van der Waals surface area contributed by atoms with Gasteiger partial charge in [0.1, 0.15) is 5.71 Å². The predicted molar refractivity (Wildman–Crippen MR) is 129 cm³/mol. The van der Waals surface area contributed by atoms with Gasteiger partial charge in [-0.3, -0.25) is 9.79 Å². The van der Waals surface area contributed by atoms with Crippen LogP contribution in [0.2, 0.25) is 0 Å². The van der Waals surface area contributed by atoms with Crippen LogP contribution in [0, 0.1) is 5.92 Å². The van der Waals surface area contributed by atoms with Crippen LogP contribution < -0.4 is 5.43 Å². The molecule has 0 aliphatic carbocycles. The highest BCUT2D eigenvalue weighted by Gasteiger charge is 2.05. The summed E-state index contributed by atoms with van der Waals surface area (Å²) in [6.07, 6.45) is 16.9. The van der Waals surface area contributed by atoms with Crippen LogP contribution in [0.5, 0.6) is 0 Å². The molecule has 158 valence electrons. The normalized spacial score (nSPS) is 22.1. The standard InChI is InChI=1S/C12H17NO.C11H15BrN2O/c1-11-6-5-9-13-8-4-2-3-7-12(14)10-11;1-5-10(7-8(3)12)14-13-9(4)11(15)6-2/h2,4-6,9-11,14H,3,7-8H2,1H3;5-6,10,14H,1-3,7H2,4H3/b4-2-,6-5-,12-10+,13-9?;13-9-. The number of halogens is 1. The molecule has 29 heavy (non-hydrogen) atoms. The molecule has 0 radical (unpaired) electrons. The number of ketones is 1. The van der Waals surface area contributed by atoms with Gasteiger partial charge >= 0.3 is 0 Å². The Hall–Kier alpha value is -2.47. The molecule has 1 aliphatic heterocycles. The fourth-order valence-corrected chi connectivity index (χ4v) is 2.43. The van der Waals surface area contributed by atoms with Gasteiger partial charge in [-0.2, -0.15) is 5.10 Å². The molecular weight excluding hydrogens is 430 g/mol. The van der Waals surface area contributed by atoms with E-state index in [1.165, 1.54) is 6.08 Å². The lowest BCUT2D eigenvalue weighted by Gasteiger charge is -2.11. The SMILES string of the molecule is C=CC(=O)/C(C)=N\NC(C=C)CC(=C)Br.CC1/C=C\C=NC/C=C\CC/C(O)=C\1. The maximum Gasteiger partial charge on any atom is 0.200 e. The molecule has 1 rings (SSSR count). The molecule has 5 nitrogen and oxygen atoms in total. The molecule has 0 spiro atoms. The van der Waals surface area contributed by atoms with Crippen molar-refractivity contribution < 1.29 is 9.90 Å². The number of carbonyl (C=O) groups excluding carboxylic acids is 1. The number of aliphatic hydroxyl groups is 1. The third-order valence-corrected chi connectivity index (χ3v) is 4.00. The molecule has 0 aromatic heterocycles. The van der Waals surface area contributed by atoms with Crippen LogP contribution in [0.3, 0.4) is 0 Å². The first-order valence-corrected chi connectivity index (χ1v) is 10.2. The van der Waals surface area contributed by atoms with E-state index in [4.69, 9.17) is 0 Å². The molecule has 0 saturated heterocycles. The lowest BCUT2D eigenvalue weighted by atomic mass is 10.1. The molecule has 0 saturated carbocycles. The minimum atomic E-state index is -0.192. The van der Waals surface area contributed by atoms with Crippen LogP contribution in [-0.2, 0) is 4.79 Å². The van der Waals surface area contributed by atoms with E-state index in [0.717, 1.165) is 23.9 Å². The van der Waals surface area contributed by atoms with Crippen molar-refractivity contribution in [1.82, 2.24) is 5.43 Å². The van der Waals surface area contributed by atoms with Crippen LogP contribution in [0.4, 0.5) is 0 Å². The zero-order valence-corrected chi connectivity index (χ0v) is 18.9. The Morgan fingerprint density at radius 3 is 2.83 bits per heavy atom. The van der Waals surface area contributed by atoms with Gasteiger partial charge in [0.05, 0.1) is 18.3 Å². The first-order chi connectivity index (χ1) is 13.8. The van der Waals surface area contributed by atoms with Crippen molar-refractivity contribution in [2.75, 3.05) is 6.54 Å². The number of hydrogen-bond donors (Lipinski definition) is 2. The maximum absolute atomic E-state index is 11.1. The number of hydrazone groups is 1. The quantitative estimate of drug-likeness (QED) is 0.224. The third kappa shape index (κ3) is 15.2. The summed E-state index contributed by atoms with van der Waals surface area (Å²) in [6.45, 7) is 15.1. The average Bonchev–Trinajstić information content (AvgIpc) is 2.67. The van der Waals surface area contributed by atoms with E-state index in [-0.39, 0.29) is 17.7 Å². The van der Waals surface area contributed by atoms with Gasteiger partial charge in [-0.15, -0.1) is 6.58 Å². The van der Waals surface area contributed by atoms with Gasteiger partial charge in [0, 0.05) is 19.1 Å². The Labute approximate surface area is 183 Å². The highest BCUT2D eigenvalue weighted by molar-refractivity contribution is 9.11. The first kappa shape index (κ1) is 26.5. The lowest BCUT2D eigenvalue weighted by Crippen LogP contribution is -2.24. The summed E-state index contributed by atoms with van der Waals surface area (Å²) in [7, 11) is 0. The van der Waals surface area contributed by atoms with Gasteiger partial charge in [-0.1, -0.05) is 60.3 Å². The third-order valence-electron chi connectivity index (χ3n) is 3.67. The fourth-order valence-electron chi connectivity index (χ4n) is 2.08. The van der Waals surface area contributed by atoms with Crippen LogP contribution in [0.15, 0.2) is 82.6 Å². The molecule has 0 fully saturated rings. The van der Waals surface area contributed by atoms with Gasteiger partial charge < -0.3 is 10.5 Å². The molecule has 0 bridgehead atoms. The van der Waals surface area contributed by atoms with E-state index in [2.05, 4.69) is 57.3 Å². The van der Waals surface area contributed by atoms with Crippen molar-refractivity contribution in [3.8, 4) is 0 Å².